The molecule has 5 rings (SSSR count). The van der Waals surface area contributed by atoms with E-state index in [0.29, 0.717) is 6.54 Å². The quantitative estimate of drug-likeness (QED) is 0.404. The number of nitrogens with zero attached hydrogens (tertiary/aromatic N) is 6. The van der Waals surface area contributed by atoms with Crippen molar-refractivity contribution >= 4 is 6.08 Å². The van der Waals surface area contributed by atoms with Crippen molar-refractivity contribution in [2.75, 3.05) is 32.7 Å². The molecule has 1 aromatic heterocycles. The van der Waals surface area contributed by atoms with E-state index in [-0.39, 0.29) is 6.04 Å². The van der Waals surface area contributed by atoms with Crippen LogP contribution in [0.15, 0.2) is 97.1 Å². The third kappa shape index (κ3) is 5.47. The van der Waals surface area contributed by atoms with Gasteiger partial charge in [0.05, 0.1) is 12.6 Å². The summed E-state index contributed by atoms with van der Waals surface area (Å²) in [7, 11) is 0. The van der Waals surface area contributed by atoms with Gasteiger partial charge in [0.2, 0.25) is 0 Å². The molecule has 0 amide bonds. The van der Waals surface area contributed by atoms with E-state index in [1.807, 2.05) is 10.7 Å². The second kappa shape index (κ2) is 11.0. The second-order valence-electron chi connectivity index (χ2n) is 8.64. The molecule has 0 saturated carbocycles. The van der Waals surface area contributed by atoms with Crippen molar-refractivity contribution in [1.29, 1.82) is 0 Å². The molecule has 1 atom stereocenters. The largest absolute Gasteiger partial charge is 0.297 e. The standard InChI is InChI=1S/C28H30N6/c1-4-11-24(12-5-1)15-10-18-32-19-21-33(22-20-32)27(26-16-8-3-9-17-26)28-29-30-31-34(28)23-25-13-6-2-7-14-25/h1-17,27H,18-23H2/b15-10+/t27-/m0/s1. The maximum absolute atomic E-state index is 4.50. The first-order valence-corrected chi connectivity index (χ1v) is 11.9. The van der Waals surface area contributed by atoms with Crippen LogP contribution in [-0.4, -0.2) is 62.7 Å². The summed E-state index contributed by atoms with van der Waals surface area (Å²) in [5.41, 5.74) is 3.66. The Kier molecular flexibility index (Phi) is 7.19. The third-order valence-electron chi connectivity index (χ3n) is 6.34. The summed E-state index contributed by atoms with van der Waals surface area (Å²) in [4.78, 5) is 5.02. The molecule has 1 saturated heterocycles. The van der Waals surface area contributed by atoms with Gasteiger partial charge in [-0.05, 0) is 27.1 Å². The van der Waals surface area contributed by atoms with Gasteiger partial charge in [-0.2, -0.15) is 0 Å². The van der Waals surface area contributed by atoms with Crippen LogP contribution in [0.3, 0.4) is 0 Å². The maximum Gasteiger partial charge on any atom is 0.173 e. The fraction of sp³-hybridized carbons (Fsp3) is 0.250. The molecule has 0 N–H and O–H groups in total. The highest BCUT2D eigenvalue weighted by atomic mass is 15.6. The lowest BCUT2D eigenvalue weighted by atomic mass is 10.0. The number of piperazine rings is 1. The number of tetrazole rings is 1. The van der Waals surface area contributed by atoms with E-state index in [9.17, 15) is 0 Å². The van der Waals surface area contributed by atoms with E-state index in [1.165, 1.54) is 16.7 Å². The van der Waals surface area contributed by atoms with Gasteiger partial charge in [0.15, 0.2) is 5.82 Å². The van der Waals surface area contributed by atoms with Crippen molar-refractivity contribution in [3.05, 3.63) is 120 Å². The van der Waals surface area contributed by atoms with E-state index in [1.54, 1.807) is 0 Å². The van der Waals surface area contributed by atoms with Gasteiger partial charge in [0.1, 0.15) is 0 Å². The molecule has 6 nitrogen and oxygen atoms in total. The second-order valence-corrected chi connectivity index (χ2v) is 8.64. The first-order valence-electron chi connectivity index (χ1n) is 11.9. The summed E-state index contributed by atoms with van der Waals surface area (Å²) in [6.45, 7) is 5.60. The Morgan fingerprint density at radius 2 is 1.41 bits per heavy atom. The van der Waals surface area contributed by atoms with Gasteiger partial charge in [0, 0.05) is 32.7 Å². The molecule has 1 fully saturated rings. The minimum absolute atomic E-state index is 0.0296. The molecule has 0 spiro atoms. The molecule has 6 heteroatoms. The first kappa shape index (κ1) is 22.2. The van der Waals surface area contributed by atoms with Crippen LogP contribution < -0.4 is 0 Å². The molecule has 1 aliphatic rings. The normalized spacial score (nSPS) is 16.1. The Morgan fingerprint density at radius 1 is 0.765 bits per heavy atom. The maximum atomic E-state index is 4.50. The summed E-state index contributed by atoms with van der Waals surface area (Å²) in [6.07, 6.45) is 4.47. The van der Waals surface area contributed by atoms with Crippen LogP contribution in [0.4, 0.5) is 0 Å². The van der Waals surface area contributed by atoms with Crippen molar-refractivity contribution in [2.45, 2.75) is 12.6 Å². The van der Waals surface area contributed by atoms with Crippen molar-refractivity contribution < 1.29 is 0 Å². The Labute approximate surface area is 201 Å². The zero-order valence-corrected chi connectivity index (χ0v) is 19.3. The third-order valence-corrected chi connectivity index (χ3v) is 6.34. The molecule has 2 heterocycles. The Balaban J connectivity index is 1.30. The van der Waals surface area contributed by atoms with Gasteiger partial charge < -0.3 is 0 Å². The minimum atomic E-state index is 0.0296. The summed E-state index contributed by atoms with van der Waals surface area (Å²) in [5, 5.41) is 12.9. The zero-order valence-electron chi connectivity index (χ0n) is 19.3. The lowest BCUT2D eigenvalue weighted by Crippen LogP contribution is -2.48. The van der Waals surface area contributed by atoms with Crippen LogP contribution in [0.2, 0.25) is 0 Å². The van der Waals surface area contributed by atoms with Crippen LogP contribution in [0.25, 0.3) is 6.08 Å². The Morgan fingerprint density at radius 3 is 2.12 bits per heavy atom. The summed E-state index contributed by atoms with van der Waals surface area (Å²) < 4.78 is 1.95. The predicted octanol–water partition coefficient (Wildman–Crippen LogP) is 4.14. The van der Waals surface area contributed by atoms with Crippen LogP contribution in [-0.2, 0) is 6.54 Å². The predicted molar refractivity (Wildman–Crippen MR) is 135 cm³/mol. The van der Waals surface area contributed by atoms with Crippen molar-refractivity contribution in [3.63, 3.8) is 0 Å². The number of hydrogen-bond donors (Lipinski definition) is 0. The number of benzene rings is 3. The van der Waals surface area contributed by atoms with Gasteiger partial charge in [-0.15, -0.1) is 5.10 Å². The van der Waals surface area contributed by atoms with Gasteiger partial charge >= 0.3 is 0 Å². The molecule has 0 unspecified atom stereocenters. The van der Waals surface area contributed by atoms with E-state index in [0.717, 1.165) is 38.5 Å². The highest BCUT2D eigenvalue weighted by molar-refractivity contribution is 5.48. The molecule has 4 aromatic rings. The topological polar surface area (TPSA) is 50.1 Å². The fourth-order valence-electron chi connectivity index (χ4n) is 4.54. The molecular weight excluding hydrogens is 420 g/mol. The van der Waals surface area contributed by atoms with Crippen LogP contribution in [0, 0.1) is 0 Å². The van der Waals surface area contributed by atoms with E-state index < -0.39 is 0 Å². The molecule has 0 aliphatic carbocycles. The van der Waals surface area contributed by atoms with Crippen LogP contribution in [0.5, 0.6) is 0 Å². The van der Waals surface area contributed by atoms with Crippen LogP contribution in [0.1, 0.15) is 28.6 Å². The molecule has 0 bridgehead atoms. The highest BCUT2D eigenvalue weighted by Gasteiger charge is 2.30. The summed E-state index contributed by atoms with van der Waals surface area (Å²) >= 11 is 0. The first-order chi connectivity index (χ1) is 16.9. The molecule has 172 valence electrons. The molecule has 1 aliphatic heterocycles. The van der Waals surface area contributed by atoms with E-state index >= 15 is 0 Å². The highest BCUT2D eigenvalue weighted by Crippen LogP contribution is 2.28. The number of rotatable bonds is 8. The lowest BCUT2D eigenvalue weighted by molar-refractivity contribution is 0.113. The van der Waals surface area contributed by atoms with Gasteiger partial charge in [-0.3, -0.25) is 9.80 Å². The monoisotopic (exact) mass is 450 g/mol. The Hall–Kier alpha value is -3.61. The van der Waals surface area contributed by atoms with Gasteiger partial charge in [-0.1, -0.05) is 103 Å². The van der Waals surface area contributed by atoms with Gasteiger partial charge in [-0.25, -0.2) is 4.68 Å². The molecule has 34 heavy (non-hydrogen) atoms. The number of aromatic nitrogens is 4. The number of hydrogen-bond acceptors (Lipinski definition) is 5. The average molecular weight is 451 g/mol. The summed E-state index contributed by atoms with van der Waals surface area (Å²) in [5.74, 6) is 0.896. The van der Waals surface area contributed by atoms with Crippen molar-refractivity contribution in [2.24, 2.45) is 0 Å². The van der Waals surface area contributed by atoms with Gasteiger partial charge in [0.25, 0.3) is 0 Å². The molecule has 3 aromatic carbocycles. The van der Waals surface area contributed by atoms with E-state index in [4.69, 9.17) is 0 Å². The fourth-order valence-corrected chi connectivity index (χ4v) is 4.54. The minimum Gasteiger partial charge on any atom is -0.297 e. The van der Waals surface area contributed by atoms with E-state index in [2.05, 4.69) is 122 Å². The van der Waals surface area contributed by atoms with Crippen LogP contribution >= 0.6 is 0 Å². The SMILES string of the molecule is C(=C\c1ccccc1)/CN1CCN([C@@H](c2ccccc2)c2nnnn2Cc2ccccc2)CC1. The molecule has 0 radical (unpaired) electrons. The smallest absolute Gasteiger partial charge is 0.173 e. The zero-order chi connectivity index (χ0) is 23.0. The average Bonchev–Trinajstić information content (AvgIpc) is 3.34. The summed E-state index contributed by atoms with van der Waals surface area (Å²) in [6, 6.07) is 31.5. The van der Waals surface area contributed by atoms with Crippen molar-refractivity contribution in [1.82, 2.24) is 30.0 Å². The van der Waals surface area contributed by atoms with Crippen molar-refractivity contribution in [3.8, 4) is 0 Å². The molecular formula is C28H30N6. The Bertz CT molecular complexity index is 1170. The lowest BCUT2D eigenvalue weighted by Gasteiger charge is -2.38.